The molecule has 1 amide bonds. The Labute approximate surface area is 103 Å². The number of carbonyl (C=O) groups excluding carboxylic acids is 1. The van der Waals surface area contributed by atoms with E-state index in [9.17, 15) is 4.79 Å². The number of amides is 1. The molecule has 0 saturated carbocycles. The quantitative estimate of drug-likeness (QED) is 0.767. The lowest BCUT2D eigenvalue weighted by atomic mass is 10.2. The van der Waals surface area contributed by atoms with E-state index in [1.165, 1.54) is 0 Å². The summed E-state index contributed by atoms with van der Waals surface area (Å²) in [5.74, 6) is 0.934. The number of rotatable bonds is 2. The summed E-state index contributed by atoms with van der Waals surface area (Å²) < 4.78 is 5.19. The molecule has 1 aliphatic heterocycles. The van der Waals surface area contributed by atoms with E-state index in [2.05, 4.69) is 25.8 Å². The Morgan fingerprint density at radius 3 is 3.11 bits per heavy atom. The van der Waals surface area contributed by atoms with Gasteiger partial charge in [0.25, 0.3) is 0 Å². The minimum atomic E-state index is -0.138. The first-order chi connectivity index (χ1) is 8.83. The maximum absolute atomic E-state index is 11.0. The Balaban J connectivity index is 1.80. The second-order valence-electron chi connectivity index (χ2n) is 3.94. The molecule has 1 fully saturated rings. The summed E-state index contributed by atoms with van der Waals surface area (Å²) in [4.78, 5) is 19.3. The Morgan fingerprint density at radius 1 is 1.44 bits per heavy atom. The molecule has 1 aliphatic rings. The molecule has 0 aliphatic carbocycles. The fraction of sp³-hybridized carbons (Fsp3) is 0.273. The van der Waals surface area contributed by atoms with Crippen molar-refractivity contribution in [1.82, 2.24) is 25.8 Å². The van der Waals surface area contributed by atoms with Gasteiger partial charge in [-0.2, -0.15) is 4.98 Å². The lowest BCUT2D eigenvalue weighted by molar-refractivity contribution is -0.121. The van der Waals surface area contributed by atoms with E-state index in [1.54, 1.807) is 12.4 Å². The Kier molecular flexibility index (Phi) is 2.73. The Bertz CT molecular complexity index is 544. The standard InChI is InChI=1S/C11H11N5O2/c17-9-6-13-8(5-14-9)11-15-10(16-18-11)7-2-1-3-12-4-7/h1-4,8,13H,5-6H2,(H,14,17). The molecule has 3 heterocycles. The lowest BCUT2D eigenvalue weighted by Gasteiger charge is -2.20. The smallest absolute Gasteiger partial charge is 0.245 e. The van der Waals surface area contributed by atoms with Gasteiger partial charge in [-0.1, -0.05) is 5.16 Å². The zero-order chi connectivity index (χ0) is 12.4. The molecule has 1 unspecified atom stereocenters. The van der Waals surface area contributed by atoms with Gasteiger partial charge in [-0.3, -0.25) is 15.1 Å². The predicted octanol–water partition coefficient (Wildman–Crippen LogP) is -0.108. The van der Waals surface area contributed by atoms with Crippen molar-refractivity contribution in [3.8, 4) is 11.4 Å². The summed E-state index contributed by atoms with van der Waals surface area (Å²) in [6.07, 6.45) is 3.35. The van der Waals surface area contributed by atoms with Crippen molar-refractivity contribution >= 4 is 5.91 Å². The van der Waals surface area contributed by atoms with Crippen molar-refractivity contribution < 1.29 is 9.32 Å². The Morgan fingerprint density at radius 2 is 2.39 bits per heavy atom. The van der Waals surface area contributed by atoms with Gasteiger partial charge in [0, 0.05) is 24.5 Å². The molecular weight excluding hydrogens is 234 g/mol. The number of nitrogens with one attached hydrogen (secondary N) is 2. The van der Waals surface area contributed by atoms with Crippen LogP contribution in [0.1, 0.15) is 11.9 Å². The molecule has 92 valence electrons. The number of hydrogen-bond donors (Lipinski definition) is 2. The molecule has 2 aromatic heterocycles. The summed E-state index contributed by atoms with van der Waals surface area (Å²) in [5, 5.41) is 9.67. The van der Waals surface area contributed by atoms with Crippen LogP contribution in [0.3, 0.4) is 0 Å². The van der Waals surface area contributed by atoms with E-state index in [4.69, 9.17) is 4.52 Å². The fourth-order valence-electron chi connectivity index (χ4n) is 1.73. The number of carbonyl (C=O) groups is 1. The molecule has 0 bridgehead atoms. The van der Waals surface area contributed by atoms with Gasteiger partial charge in [0.2, 0.25) is 17.6 Å². The minimum absolute atomic E-state index is 0.0294. The van der Waals surface area contributed by atoms with Crippen LogP contribution in [0.25, 0.3) is 11.4 Å². The second kappa shape index (κ2) is 4.53. The molecule has 3 rings (SSSR count). The van der Waals surface area contributed by atoms with E-state index in [-0.39, 0.29) is 18.5 Å². The van der Waals surface area contributed by atoms with E-state index >= 15 is 0 Å². The first-order valence-electron chi connectivity index (χ1n) is 5.57. The number of hydrogen-bond acceptors (Lipinski definition) is 6. The van der Waals surface area contributed by atoms with Crippen molar-refractivity contribution in [2.45, 2.75) is 6.04 Å². The summed E-state index contributed by atoms with van der Waals surface area (Å²) in [6.45, 7) is 0.711. The molecule has 18 heavy (non-hydrogen) atoms. The lowest BCUT2D eigenvalue weighted by Crippen LogP contribution is -2.47. The number of piperazine rings is 1. The maximum atomic E-state index is 11.0. The van der Waals surface area contributed by atoms with Gasteiger partial charge in [0.05, 0.1) is 6.54 Å². The molecule has 2 aromatic rings. The van der Waals surface area contributed by atoms with Crippen LogP contribution in [-0.2, 0) is 4.79 Å². The molecule has 1 atom stereocenters. The molecule has 2 N–H and O–H groups in total. The van der Waals surface area contributed by atoms with Gasteiger partial charge in [-0.05, 0) is 12.1 Å². The first-order valence-corrected chi connectivity index (χ1v) is 5.57. The second-order valence-corrected chi connectivity index (χ2v) is 3.94. The van der Waals surface area contributed by atoms with Gasteiger partial charge >= 0.3 is 0 Å². The average molecular weight is 245 g/mol. The highest BCUT2D eigenvalue weighted by atomic mass is 16.5. The van der Waals surface area contributed by atoms with Gasteiger partial charge in [-0.25, -0.2) is 0 Å². The van der Waals surface area contributed by atoms with Crippen molar-refractivity contribution in [3.05, 3.63) is 30.4 Å². The van der Waals surface area contributed by atoms with Crippen molar-refractivity contribution in [2.75, 3.05) is 13.1 Å². The van der Waals surface area contributed by atoms with Crippen LogP contribution >= 0.6 is 0 Å². The SMILES string of the molecule is O=C1CNC(c2nc(-c3cccnc3)no2)CN1. The van der Waals surface area contributed by atoms with Crippen LogP contribution in [0, 0.1) is 0 Å². The van der Waals surface area contributed by atoms with Crippen molar-refractivity contribution in [2.24, 2.45) is 0 Å². The topological polar surface area (TPSA) is 92.9 Å². The van der Waals surface area contributed by atoms with E-state index < -0.39 is 0 Å². The monoisotopic (exact) mass is 245 g/mol. The molecule has 1 saturated heterocycles. The molecule has 7 heteroatoms. The van der Waals surface area contributed by atoms with Gasteiger partial charge in [-0.15, -0.1) is 0 Å². The number of aromatic nitrogens is 3. The summed E-state index contributed by atoms with van der Waals surface area (Å²) >= 11 is 0. The highest BCUT2D eigenvalue weighted by Gasteiger charge is 2.24. The van der Waals surface area contributed by atoms with Crippen LogP contribution in [0.4, 0.5) is 0 Å². The van der Waals surface area contributed by atoms with Crippen molar-refractivity contribution in [1.29, 1.82) is 0 Å². The fourth-order valence-corrected chi connectivity index (χ4v) is 1.73. The van der Waals surface area contributed by atoms with Crippen LogP contribution < -0.4 is 10.6 Å². The Hall–Kier alpha value is -2.28. The first kappa shape index (κ1) is 10.8. The average Bonchev–Trinajstić information content (AvgIpc) is 2.90. The van der Waals surface area contributed by atoms with Gasteiger partial charge < -0.3 is 9.84 Å². The van der Waals surface area contributed by atoms with E-state index in [0.29, 0.717) is 18.3 Å². The summed E-state index contributed by atoms with van der Waals surface area (Å²) in [7, 11) is 0. The molecule has 0 aromatic carbocycles. The van der Waals surface area contributed by atoms with Crippen LogP contribution in [0.5, 0.6) is 0 Å². The number of pyridine rings is 1. The summed E-state index contributed by atoms with van der Waals surface area (Å²) in [6, 6.07) is 3.53. The van der Waals surface area contributed by atoms with Crippen LogP contribution in [0.15, 0.2) is 29.0 Å². The van der Waals surface area contributed by atoms with E-state index in [0.717, 1.165) is 5.56 Å². The zero-order valence-electron chi connectivity index (χ0n) is 9.46. The third kappa shape index (κ3) is 2.07. The molecule has 0 spiro atoms. The zero-order valence-corrected chi connectivity index (χ0v) is 9.46. The predicted molar refractivity (Wildman–Crippen MR) is 61.3 cm³/mol. The van der Waals surface area contributed by atoms with Crippen LogP contribution in [-0.4, -0.2) is 34.1 Å². The summed E-state index contributed by atoms with van der Waals surface area (Å²) in [5.41, 5.74) is 0.798. The van der Waals surface area contributed by atoms with Crippen LogP contribution in [0.2, 0.25) is 0 Å². The third-order valence-corrected chi connectivity index (χ3v) is 2.67. The molecular formula is C11H11N5O2. The maximum Gasteiger partial charge on any atom is 0.245 e. The highest BCUT2D eigenvalue weighted by Crippen LogP contribution is 2.17. The third-order valence-electron chi connectivity index (χ3n) is 2.67. The highest BCUT2D eigenvalue weighted by molar-refractivity contribution is 5.78. The normalized spacial score (nSPS) is 19.6. The van der Waals surface area contributed by atoms with Gasteiger partial charge in [0.15, 0.2) is 0 Å². The van der Waals surface area contributed by atoms with E-state index in [1.807, 2.05) is 12.1 Å². The van der Waals surface area contributed by atoms with Crippen molar-refractivity contribution in [3.63, 3.8) is 0 Å². The molecule has 0 radical (unpaired) electrons. The molecule has 7 nitrogen and oxygen atoms in total. The largest absolute Gasteiger partial charge is 0.353 e. The van der Waals surface area contributed by atoms with Gasteiger partial charge in [0.1, 0.15) is 6.04 Å². The minimum Gasteiger partial charge on any atom is -0.353 e. The number of nitrogens with zero attached hydrogens (tertiary/aromatic N) is 3.